The van der Waals surface area contributed by atoms with E-state index in [1.54, 1.807) is 6.07 Å². The van der Waals surface area contributed by atoms with Gasteiger partial charge in [-0.05, 0) is 94.3 Å². The third kappa shape index (κ3) is 3.77. The van der Waals surface area contributed by atoms with E-state index in [1.165, 1.54) is 36.9 Å². The van der Waals surface area contributed by atoms with Crippen molar-refractivity contribution >= 4 is 80.0 Å². The number of nitrogens with zero attached hydrogens (tertiary/aromatic N) is 1. The van der Waals surface area contributed by atoms with E-state index >= 15 is 0 Å². The number of ether oxygens (including phenoxy) is 1. The molecule has 0 unspecified atom stereocenters. The first kappa shape index (κ1) is 21.9. The average Bonchev–Trinajstić information content (AvgIpc) is 3.10. The maximum absolute atomic E-state index is 10.2. The van der Waals surface area contributed by atoms with Gasteiger partial charge >= 0.3 is 0 Å². The van der Waals surface area contributed by atoms with Crippen LogP contribution in [0, 0.1) is 6.92 Å². The summed E-state index contributed by atoms with van der Waals surface area (Å²) in [6.45, 7) is 6.73. The highest BCUT2D eigenvalue weighted by atomic mass is 79.9. The summed E-state index contributed by atoms with van der Waals surface area (Å²) >= 11 is 13.1. The first-order valence-electron chi connectivity index (χ1n) is 10.1. The van der Waals surface area contributed by atoms with E-state index in [0.29, 0.717) is 4.47 Å². The number of fused-ring (bicyclic) bond motifs is 2. The molecule has 2 heterocycles. The topological polar surface area (TPSA) is 32.7 Å². The molecule has 0 radical (unpaired) electrons. The van der Waals surface area contributed by atoms with E-state index in [1.807, 2.05) is 17.4 Å². The number of rotatable bonds is 3. The van der Waals surface area contributed by atoms with Crippen LogP contribution in [0.2, 0.25) is 0 Å². The minimum Gasteiger partial charge on any atom is -0.507 e. The number of morpholine rings is 1. The lowest BCUT2D eigenvalue weighted by atomic mass is 9.93. The summed E-state index contributed by atoms with van der Waals surface area (Å²) in [6, 6.07) is 12.3. The van der Waals surface area contributed by atoms with Crippen molar-refractivity contribution in [1.82, 2.24) is 4.90 Å². The molecule has 0 bridgehead atoms. The number of thiophene rings is 1. The van der Waals surface area contributed by atoms with Gasteiger partial charge in [0.2, 0.25) is 0 Å². The molecule has 1 saturated heterocycles. The molecule has 160 valence electrons. The van der Waals surface area contributed by atoms with E-state index in [4.69, 9.17) is 4.74 Å². The lowest BCUT2D eigenvalue weighted by Crippen LogP contribution is -2.35. The van der Waals surface area contributed by atoms with Gasteiger partial charge in [-0.25, -0.2) is 0 Å². The molecule has 1 N–H and O–H groups in total. The molecule has 0 saturated carbocycles. The van der Waals surface area contributed by atoms with Crippen LogP contribution < -0.4 is 0 Å². The molecule has 3 aromatic carbocycles. The first-order chi connectivity index (χ1) is 15.0. The van der Waals surface area contributed by atoms with Crippen molar-refractivity contribution in [2.45, 2.75) is 13.5 Å². The van der Waals surface area contributed by atoms with Gasteiger partial charge in [0.25, 0.3) is 0 Å². The average molecular weight is 626 g/mol. The largest absolute Gasteiger partial charge is 0.507 e. The zero-order valence-corrected chi connectivity index (χ0v) is 22.4. The van der Waals surface area contributed by atoms with Gasteiger partial charge in [0, 0.05) is 38.8 Å². The van der Waals surface area contributed by atoms with Crippen molar-refractivity contribution < 1.29 is 9.84 Å². The lowest BCUT2D eigenvalue weighted by Gasteiger charge is -2.26. The number of hydrogen-bond donors (Lipinski definition) is 1. The van der Waals surface area contributed by atoms with Crippen LogP contribution in [0.15, 0.2) is 49.8 Å². The fourth-order valence-electron chi connectivity index (χ4n) is 4.29. The second kappa shape index (κ2) is 8.76. The molecule has 1 aliphatic heterocycles. The normalized spacial score (nSPS) is 15.2. The number of phenolic OH excluding ortho intramolecular Hbond substituents is 1. The van der Waals surface area contributed by atoms with Gasteiger partial charge in [-0.3, -0.25) is 4.90 Å². The molecule has 1 fully saturated rings. The third-order valence-corrected chi connectivity index (χ3v) is 10.5. The van der Waals surface area contributed by atoms with Crippen molar-refractivity contribution in [2.75, 3.05) is 26.3 Å². The zero-order chi connectivity index (χ0) is 21.7. The van der Waals surface area contributed by atoms with Crippen LogP contribution in [0.5, 0.6) is 5.75 Å². The minimum atomic E-state index is 0.225. The Balaban J connectivity index is 1.82. The maximum atomic E-state index is 10.2. The Hall–Kier alpha value is -0.960. The minimum absolute atomic E-state index is 0.225. The van der Waals surface area contributed by atoms with E-state index in [2.05, 4.69) is 83.9 Å². The Morgan fingerprint density at radius 3 is 2.42 bits per heavy atom. The first-order valence-corrected chi connectivity index (χ1v) is 13.3. The fraction of sp³-hybridized carbons (Fsp3) is 0.250. The predicted octanol–water partition coefficient (Wildman–Crippen LogP) is 7.86. The molecule has 31 heavy (non-hydrogen) atoms. The molecular formula is C24H20Br3NO2S. The molecule has 4 aromatic rings. The standard InChI is InChI=1S/C24H20Br3NO2S/c1-13-18(12-28-8-10-30-11-9-28)31-24-19(13)20(14-4-2-3-5-15(14)22(24)26)16-6-7-17(29)23(27)21(16)25/h2-7,29H,8-12H2,1H3. The van der Waals surface area contributed by atoms with E-state index in [0.717, 1.165) is 47.4 Å². The SMILES string of the molecule is Cc1c(CN2CCOCC2)sc2c(Br)c3ccccc3c(-c3ccc(O)c(Br)c3Br)c12. The quantitative estimate of drug-likeness (QED) is 0.252. The smallest absolute Gasteiger partial charge is 0.130 e. The van der Waals surface area contributed by atoms with Crippen LogP contribution in [0.25, 0.3) is 32.0 Å². The molecular weight excluding hydrogens is 606 g/mol. The number of hydrogen-bond acceptors (Lipinski definition) is 4. The second-order valence-corrected chi connectivity index (χ2v) is 11.2. The number of aryl methyl sites for hydroxylation is 1. The Morgan fingerprint density at radius 1 is 0.968 bits per heavy atom. The summed E-state index contributed by atoms with van der Waals surface area (Å²) in [5, 5.41) is 13.8. The summed E-state index contributed by atoms with van der Waals surface area (Å²) in [4.78, 5) is 3.87. The third-order valence-electron chi connectivity index (χ3n) is 5.93. The highest BCUT2D eigenvalue weighted by Crippen LogP contribution is 2.50. The van der Waals surface area contributed by atoms with Gasteiger partial charge in [-0.15, -0.1) is 11.3 Å². The van der Waals surface area contributed by atoms with Crippen LogP contribution in [-0.2, 0) is 11.3 Å². The summed E-state index contributed by atoms with van der Waals surface area (Å²) in [5.74, 6) is 0.225. The molecule has 0 atom stereocenters. The van der Waals surface area contributed by atoms with Gasteiger partial charge in [0.05, 0.1) is 22.4 Å². The monoisotopic (exact) mass is 623 g/mol. The Bertz CT molecular complexity index is 1310. The summed E-state index contributed by atoms with van der Waals surface area (Å²) < 4.78 is 9.49. The Labute approximate surface area is 210 Å². The van der Waals surface area contributed by atoms with Gasteiger partial charge in [0.15, 0.2) is 0 Å². The van der Waals surface area contributed by atoms with Crippen molar-refractivity contribution in [3.8, 4) is 16.9 Å². The van der Waals surface area contributed by atoms with Crippen molar-refractivity contribution in [2.24, 2.45) is 0 Å². The molecule has 0 spiro atoms. The summed E-state index contributed by atoms with van der Waals surface area (Å²) in [6.07, 6.45) is 0. The number of aromatic hydroxyl groups is 1. The summed E-state index contributed by atoms with van der Waals surface area (Å²) in [5.41, 5.74) is 3.59. The van der Waals surface area contributed by atoms with Crippen LogP contribution in [-0.4, -0.2) is 36.3 Å². The molecule has 7 heteroatoms. The fourth-order valence-corrected chi connectivity index (χ4v) is 7.26. The van der Waals surface area contributed by atoms with E-state index in [9.17, 15) is 5.11 Å². The highest BCUT2D eigenvalue weighted by Gasteiger charge is 2.23. The summed E-state index contributed by atoms with van der Waals surface area (Å²) in [7, 11) is 0. The highest BCUT2D eigenvalue weighted by molar-refractivity contribution is 9.13. The molecule has 0 aliphatic carbocycles. The molecule has 0 amide bonds. The van der Waals surface area contributed by atoms with Gasteiger partial charge in [-0.1, -0.05) is 24.3 Å². The van der Waals surface area contributed by atoms with Crippen molar-refractivity contribution in [3.63, 3.8) is 0 Å². The van der Waals surface area contributed by atoms with Gasteiger partial charge in [-0.2, -0.15) is 0 Å². The van der Waals surface area contributed by atoms with Crippen LogP contribution in [0.4, 0.5) is 0 Å². The molecule has 1 aromatic heterocycles. The molecule has 1 aliphatic rings. The molecule has 5 rings (SSSR count). The number of benzene rings is 3. The Kier molecular flexibility index (Phi) is 6.18. The van der Waals surface area contributed by atoms with Crippen LogP contribution in [0.3, 0.4) is 0 Å². The van der Waals surface area contributed by atoms with E-state index < -0.39 is 0 Å². The second-order valence-electron chi connectivity index (χ2n) is 7.74. The van der Waals surface area contributed by atoms with Gasteiger partial charge in [0.1, 0.15) is 5.75 Å². The molecule has 3 nitrogen and oxygen atoms in total. The number of phenols is 1. The predicted molar refractivity (Wildman–Crippen MR) is 140 cm³/mol. The zero-order valence-electron chi connectivity index (χ0n) is 16.8. The van der Waals surface area contributed by atoms with E-state index in [-0.39, 0.29) is 5.75 Å². The number of halogens is 3. The van der Waals surface area contributed by atoms with Crippen LogP contribution >= 0.6 is 59.1 Å². The van der Waals surface area contributed by atoms with Gasteiger partial charge < -0.3 is 9.84 Å². The maximum Gasteiger partial charge on any atom is 0.130 e. The Morgan fingerprint density at radius 2 is 1.68 bits per heavy atom. The lowest BCUT2D eigenvalue weighted by molar-refractivity contribution is 0.0346. The van der Waals surface area contributed by atoms with Crippen molar-refractivity contribution in [3.05, 3.63) is 60.3 Å². The van der Waals surface area contributed by atoms with Crippen molar-refractivity contribution in [1.29, 1.82) is 0 Å². The van der Waals surface area contributed by atoms with Crippen LogP contribution in [0.1, 0.15) is 10.4 Å².